The SMILES string of the molecule is CN(C)S(=O)(=O)N1CCC(C(=O)Nc2ccc(S(=O)(=O)Nc3ccccc3Cl)cc2)CC1. The Labute approximate surface area is 193 Å². The van der Waals surface area contributed by atoms with E-state index in [4.69, 9.17) is 11.6 Å². The highest BCUT2D eigenvalue weighted by Crippen LogP contribution is 2.25. The standard InChI is InChI=1S/C20H25ClN4O5S2/c1-24(2)32(29,30)25-13-11-15(12-14-25)20(26)22-16-7-9-17(10-8-16)31(27,28)23-19-6-4-3-5-18(19)21/h3-10,15,23H,11-14H2,1-2H3,(H,22,26). The van der Waals surface area contributed by atoms with E-state index >= 15 is 0 Å². The van der Waals surface area contributed by atoms with Gasteiger partial charge in [0.05, 0.1) is 15.6 Å². The Morgan fingerprint density at radius 1 is 1.00 bits per heavy atom. The zero-order chi connectivity index (χ0) is 23.5. The summed E-state index contributed by atoms with van der Waals surface area (Å²) >= 11 is 6.01. The molecule has 1 aliphatic heterocycles. The maximum absolute atomic E-state index is 12.6. The van der Waals surface area contributed by atoms with E-state index < -0.39 is 20.2 Å². The van der Waals surface area contributed by atoms with Gasteiger partial charge in [0, 0.05) is 38.8 Å². The molecule has 0 aromatic heterocycles. The molecule has 1 amide bonds. The van der Waals surface area contributed by atoms with Crippen LogP contribution in [0, 0.1) is 5.92 Å². The highest BCUT2D eigenvalue weighted by molar-refractivity contribution is 7.92. The van der Waals surface area contributed by atoms with Crippen molar-refractivity contribution in [1.82, 2.24) is 8.61 Å². The summed E-state index contributed by atoms with van der Waals surface area (Å²) in [6.45, 7) is 0.535. The van der Waals surface area contributed by atoms with E-state index in [2.05, 4.69) is 10.0 Å². The smallest absolute Gasteiger partial charge is 0.281 e. The summed E-state index contributed by atoms with van der Waals surface area (Å²) in [5.74, 6) is -0.550. The Hall–Kier alpha value is -2.18. The average Bonchev–Trinajstić information content (AvgIpc) is 2.75. The molecule has 0 atom stereocenters. The number of hydrogen-bond acceptors (Lipinski definition) is 5. The number of anilines is 2. The van der Waals surface area contributed by atoms with Crippen LogP contribution in [0.15, 0.2) is 53.4 Å². The number of para-hydroxylation sites is 1. The summed E-state index contributed by atoms with van der Waals surface area (Å²) in [7, 11) is -4.38. The molecule has 0 aliphatic carbocycles. The Morgan fingerprint density at radius 3 is 2.16 bits per heavy atom. The van der Waals surface area contributed by atoms with E-state index in [1.165, 1.54) is 42.7 Å². The lowest BCUT2D eigenvalue weighted by molar-refractivity contribution is -0.120. The summed E-state index contributed by atoms with van der Waals surface area (Å²) in [5.41, 5.74) is 0.726. The Balaban J connectivity index is 1.60. The van der Waals surface area contributed by atoms with Crippen LogP contribution in [0.2, 0.25) is 5.02 Å². The van der Waals surface area contributed by atoms with Crippen molar-refractivity contribution in [3.63, 3.8) is 0 Å². The van der Waals surface area contributed by atoms with Crippen LogP contribution in [0.4, 0.5) is 11.4 Å². The number of halogens is 1. The molecule has 174 valence electrons. The number of carbonyl (C=O) groups is 1. The minimum atomic E-state index is -3.84. The van der Waals surface area contributed by atoms with Crippen LogP contribution in [0.5, 0.6) is 0 Å². The second-order valence-corrected chi connectivity index (χ2v) is 11.8. The molecule has 2 aromatic carbocycles. The molecule has 9 nitrogen and oxygen atoms in total. The summed E-state index contributed by atoms with van der Waals surface area (Å²) in [4.78, 5) is 12.6. The van der Waals surface area contributed by atoms with Gasteiger partial charge in [-0.05, 0) is 49.2 Å². The van der Waals surface area contributed by atoms with E-state index in [1.807, 2.05) is 0 Å². The molecule has 2 N–H and O–H groups in total. The van der Waals surface area contributed by atoms with E-state index in [-0.39, 0.29) is 40.5 Å². The highest BCUT2D eigenvalue weighted by atomic mass is 35.5. The fourth-order valence-electron chi connectivity index (χ4n) is 3.29. The number of amides is 1. The Bertz CT molecular complexity index is 1180. The van der Waals surface area contributed by atoms with Crippen LogP contribution in [0.3, 0.4) is 0 Å². The first-order valence-corrected chi connectivity index (χ1v) is 13.1. The fraction of sp³-hybridized carbons (Fsp3) is 0.350. The van der Waals surface area contributed by atoms with Gasteiger partial charge in [0.2, 0.25) is 5.91 Å². The molecule has 1 aliphatic rings. The maximum Gasteiger partial charge on any atom is 0.281 e. The monoisotopic (exact) mass is 500 g/mol. The lowest BCUT2D eigenvalue weighted by Crippen LogP contribution is -2.46. The van der Waals surface area contributed by atoms with Gasteiger partial charge in [-0.1, -0.05) is 23.7 Å². The van der Waals surface area contributed by atoms with Gasteiger partial charge >= 0.3 is 0 Å². The predicted octanol–water partition coefficient (Wildman–Crippen LogP) is 2.60. The van der Waals surface area contributed by atoms with Gasteiger partial charge in [-0.15, -0.1) is 0 Å². The average molecular weight is 501 g/mol. The van der Waals surface area contributed by atoms with Crippen LogP contribution in [-0.4, -0.2) is 58.5 Å². The maximum atomic E-state index is 12.6. The number of benzene rings is 2. The molecule has 3 rings (SSSR count). The zero-order valence-electron chi connectivity index (χ0n) is 17.7. The topological polar surface area (TPSA) is 116 Å². The highest BCUT2D eigenvalue weighted by Gasteiger charge is 2.32. The first kappa shape index (κ1) is 24.5. The second-order valence-electron chi connectivity index (χ2n) is 7.56. The number of rotatable bonds is 7. The van der Waals surface area contributed by atoms with Crippen LogP contribution in [0.25, 0.3) is 0 Å². The molecule has 0 saturated carbocycles. The van der Waals surface area contributed by atoms with Gasteiger partial charge in [-0.25, -0.2) is 8.42 Å². The molecule has 1 heterocycles. The van der Waals surface area contributed by atoms with Gasteiger partial charge < -0.3 is 5.32 Å². The molecule has 0 bridgehead atoms. The molecule has 0 radical (unpaired) electrons. The normalized spacial score (nSPS) is 16.1. The first-order valence-electron chi connectivity index (χ1n) is 9.86. The van der Waals surface area contributed by atoms with Crippen molar-refractivity contribution < 1.29 is 21.6 Å². The predicted molar refractivity (Wildman–Crippen MR) is 124 cm³/mol. The molecule has 12 heteroatoms. The quantitative estimate of drug-likeness (QED) is 0.606. The van der Waals surface area contributed by atoms with Crippen molar-refractivity contribution >= 4 is 49.1 Å². The van der Waals surface area contributed by atoms with Crippen molar-refractivity contribution in [2.75, 3.05) is 37.2 Å². The summed E-state index contributed by atoms with van der Waals surface area (Å²) < 4.78 is 54.5. The fourth-order valence-corrected chi connectivity index (χ4v) is 5.74. The van der Waals surface area contributed by atoms with Crippen LogP contribution >= 0.6 is 11.6 Å². The lowest BCUT2D eigenvalue weighted by Gasteiger charge is -2.32. The Kier molecular flexibility index (Phi) is 7.46. The molecule has 32 heavy (non-hydrogen) atoms. The number of hydrogen-bond donors (Lipinski definition) is 2. The van der Waals surface area contributed by atoms with Crippen molar-refractivity contribution in [3.05, 3.63) is 53.6 Å². The number of sulfonamides is 1. The van der Waals surface area contributed by atoms with Crippen LogP contribution in [-0.2, 0) is 25.0 Å². The molecule has 1 fully saturated rings. The van der Waals surface area contributed by atoms with E-state index in [9.17, 15) is 21.6 Å². The molecule has 0 unspecified atom stereocenters. The third-order valence-electron chi connectivity index (χ3n) is 5.16. The molecule has 0 spiro atoms. The van der Waals surface area contributed by atoms with Crippen molar-refractivity contribution in [2.45, 2.75) is 17.7 Å². The van der Waals surface area contributed by atoms with Crippen LogP contribution in [0.1, 0.15) is 12.8 Å². The third-order valence-corrected chi connectivity index (χ3v) is 8.81. The van der Waals surface area contributed by atoms with Gasteiger partial charge in [-0.2, -0.15) is 17.0 Å². The number of nitrogens with zero attached hydrogens (tertiary/aromatic N) is 2. The summed E-state index contributed by atoms with van der Waals surface area (Å²) in [6.07, 6.45) is 0.820. The first-order chi connectivity index (χ1) is 15.0. The zero-order valence-corrected chi connectivity index (χ0v) is 20.0. The van der Waals surface area contributed by atoms with E-state index in [1.54, 1.807) is 24.3 Å². The van der Waals surface area contributed by atoms with Gasteiger partial charge in [-0.3, -0.25) is 9.52 Å². The number of piperidine rings is 1. The lowest BCUT2D eigenvalue weighted by atomic mass is 9.97. The Morgan fingerprint density at radius 2 is 1.59 bits per heavy atom. The largest absolute Gasteiger partial charge is 0.326 e. The minimum absolute atomic E-state index is 0.0256. The molecular formula is C20H25ClN4O5S2. The summed E-state index contributed by atoms with van der Waals surface area (Å²) in [6, 6.07) is 12.3. The van der Waals surface area contributed by atoms with E-state index in [0.717, 1.165) is 4.31 Å². The number of nitrogens with one attached hydrogen (secondary N) is 2. The third kappa shape index (κ3) is 5.59. The minimum Gasteiger partial charge on any atom is -0.326 e. The number of carbonyl (C=O) groups excluding carboxylic acids is 1. The van der Waals surface area contributed by atoms with E-state index in [0.29, 0.717) is 18.5 Å². The summed E-state index contributed by atoms with van der Waals surface area (Å²) in [5, 5.41) is 3.05. The van der Waals surface area contributed by atoms with Crippen molar-refractivity contribution in [2.24, 2.45) is 5.92 Å². The van der Waals surface area contributed by atoms with Crippen molar-refractivity contribution in [1.29, 1.82) is 0 Å². The molecular weight excluding hydrogens is 476 g/mol. The van der Waals surface area contributed by atoms with Gasteiger partial charge in [0.15, 0.2) is 0 Å². The van der Waals surface area contributed by atoms with Gasteiger partial charge in [0.1, 0.15) is 0 Å². The molecule has 1 saturated heterocycles. The second kappa shape index (κ2) is 9.75. The van der Waals surface area contributed by atoms with Crippen molar-refractivity contribution in [3.8, 4) is 0 Å². The molecule has 2 aromatic rings. The van der Waals surface area contributed by atoms with Crippen LogP contribution < -0.4 is 10.0 Å². The van der Waals surface area contributed by atoms with Gasteiger partial charge in [0.25, 0.3) is 20.2 Å².